The molecule has 1 aromatic carbocycles. The number of thiazole rings is 1. The Hall–Kier alpha value is -3.54. The molecule has 6 N–H and O–H groups in total. The van der Waals surface area contributed by atoms with Crippen LogP contribution in [-0.4, -0.2) is 71.6 Å². The SMILES string of the molecule is CCCN(CC(=O)N[C@@H](CCCNC(=N)N)C(=O)c1nc2ccccc2s1)C(=O)CNC(C)=O. The van der Waals surface area contributed by atoms with Gasteiger partial charge in [0.25, 0.3) is 0 Å². The van der Waals surface area contributed by atoms with Crippen LogP contribution >= 0.6 is 11.3 Å². The van der Waals surface area contributed by atoms with Crippen LogP contribution in [0.1, 0.15) is 42.9 Å². The number of rotatable bonds is 13. The number of benzene rings is 1. The molecule has 0 radical (unpaired) electrons. The zero-order chi connectivity index (χ0) is 25.1. The number of aromatic nitrogens is 1. The summed E-state index contributed by atoms with van der Waals surface area (Å²) in [6.07, 6.45) is 1.40. The summed E-state index contributed by atoms with van der Waals surface area (Å²) in [5.41, 5.74) is 6.01. The Balaban J connectivity index is 2.11. The van der Waals surface area contributed by atoms with Crippen LogP contribution in [-0.2, 0) is 14.4 Å². The van der Waals surface area contributed by atoms with E-state index in [0.717, 1.165) is 4.70 Å². The van der Waals surface area contributed by atoms with Crippen LogP contribution in [0.25, 0.3) is 10.2 Å². The smallest absolute Gasteiger partial charge is 0.242 e. The Labute approximate surface area is 202 Å². The highest BCUT2D eigenvalue weighted by molar-refractivity contribution is 7.20. The van der Waals surface area contributed by atoms with E-state index in [9.17, 15) is 19.2 Å². The minimum atomic E-state index is -0.851. The molecular formula is C22H31N7O4S. The van der Waals surface area contributed by atoms with Crippen LogP contribution < -0.4 is 21.7 Å². The monoisotopic (exact) mass is 489 g/mol. The van der Waals surface area contributed by atoms with Crippen molar-refractivity contribution in [2.75, 3.05) is 26.2 Å². The molecular weight excluding hydrogens is 458 g/mol. The van der Waals surface area contributed by atoms with Crippen LogP contribution in [0, 0.1) is 5.41 Å². The second-order valence-corrected chi connectivity index (χ2v) is 8.71. The number of fused-ring (bicyclic) bond motifs is 1. The van der Waals surface area contributed by atoms with Crippen molar-refractivity contribution in [3.05, 3.63) is 29.3 Å². The van der Waals surface area contributed by atoms with Gasteiger partial charge in [-0.05, 0) is 31.4 Å². The topological polar surface area (TPSA) is 170 Å². The maximum absolute atomic E-state index is 13.2. The first kappa shape index (κ1) is 26.7. The average molecular weight is 490 g/mol. The summed E-state index contributed by atoms with van der Waals surface area (Å²) in [5, 5.41) is 15.4. The standard InChI is InChI=1S/C22H31N7O4S/c1-3-11-29(19(32)12-26-14(2)30)13-18(31)27-16(8-6-10-25-22(23)24)20(33)21-28-15-7-4-5-9-17(15)34-21/h4-5,7,9,16H,3,6,8,10-13H2,1-2H3,(H,26,30)(H,27,31)(H4,23,24,25)/t16-/m0/s1. The number of nitrogens with one attached hydrogen (secondary N) is 4. The van der Waals surface area contributed by atoms with Gasteiger partial charge in [0.15, 0.2) is 11.0 Å². The van der Waals surface area contributed by atoms with Gasteiger partial charge in [-0.15, -0.1) is 11.3 Å². The Kier molecular flexibility index (Phi) is 10.4. The van der Waals surface area contributed by atoms with E-state index in [-0.39, 0.29) is 41.7 Å². The maximum atomic E-state index is 13.2. The van der Waals surface area contributed by atoms with Crippen LogP contribution in [0.15, 0.2) is 24.3 Å². The van der Waals surface area contributed by atoms with Gasteiger partial charge in [-0.25, -0.2) is 4.98 Å². The van der Waals surface area contributed by atoms with Gasteiger partial charge in [0.1, 0.15) is 0 Å². The molecule has 0 aliphatic rings. The van der Waals surface area contributed by atoms with E-state index >= 15 is 0 Å². The predicted octanol–water partition coefficient (Wildman–Crippen LogP) is 0.602. The Morgan fingerprint density at radius 1 is 1.21 bits per heavy atom. The zero-order valence-electron chi connectivity index (χ0n) is 19.3. The van der Waals surface area contributed by atoms with Gasteiger partial charge in [0.2, 0.25) is 23.5 Å². The molecule has 1 heterocycles. The van der Waals surface area contributed by atoms with E-state index in [1.807, 2.05) is 31.2 Å². The molecule has 0 bridgehead atoms. The van der Waals surface area contributed by atoms with E-state index in [4.69, 9.17) is 11.1 Å². The molecule has 0 aliphatic carbocycles. The van der Waals surface area contributed by atoms with Crippen molar-refractivity contribution in [2.24, 2.45) is 5.73 Å². The van der Waals surface area contributed by atoms with Gasteiger partial charge in [-0.3, -0.25) is 24.6 Å². The van der Waals surface area contributed by atoms with Gasteiger partial charge in [0, 0.05) is 20.0 Å². The largest absolute Gasteiger partial charge is 0.370 e. The highest BCUT2D eigenvalue weighted by Crippen LogP contribution is 2.23. The zero-order valence-corrected chi connectivity index (χ0v) is 20.2. The molecule has 2 aromatic rings. The van der Waals surface area contributed by atoms with Gasteiger partial charge in [-0.1, -0.05) is 19.1 Å². The number of hydrogen-bond donors (Lipinski definition) is 5. The van der Waals surface area contributed by atoms with Crippen molar-refractivity contribution in [1.82, 2.24) is 25.8 Å². The van der Waals surface area contributed by atoms with Gasteiger partial charge in [0.05, 0.1) is 29.3 Å². The van der Waals surface area contributed by atoms with Gasteiger partial charge < -0.3 is 26.6 Å². The molecule has 0 saturated heterocycles. The number of carbonyl (C=O) groups is 4. The van der Waals surface area contributed by atoms with E-state index in [1.54, 1.807) is 0 Å². The molecule has 0 aliphatic heterocycles. The number of nitrogens with zero attached hydrogens (tertiary/aromatic N) is 2. The highest BCUT2D eigenvalue weighted by Gasteiger charge is 2.26. The lowest BCUT2D eigenvalue weighted by Crippen LogP contribution is -2.49. The lowest BCUT2D eigenvalue weighted by atomic mass is 10.1. The van der Waals surface area contributed by atoms with Gasteiger partial charge in [-0.2, -0.15) is 0 Å². The van der Waals surface area contributed by atoms with Crippen molar-refractivity contribution >= 4 is 51.0 Å². The molecule has 0 spiro atoms. The molecule has 2 rings (SSSR count). The number of nitrogens with two attached hydrogens (primary N) is 1. The molecule has 1 aromatic heterocycles. The summed E-state index contributed by atoms with van der Waals surface area (Å²) in [4.78, 5) is 55.3. The van der Waals surface area contributed by atoms with Crippen LogP contribution in [0.5, 0.6) is 0 Å². The number of ketones is 1. The first-order chi connectivity index (χ1) is 16.2. The third-order valence-corrected chi connectivity index (χ3v) is 5.86. The van der Waals surface area contributed by atoms with E-state index in [2.05, 4.69) is 20.9 Å². The minimum absolute atomic E-state index is 0.175. The molecule has 11 nitrogen and oxygen atoms in total. The second-order valence-electron chi connectivity index (χ2n) is 7.68. The van der Waals surface area contributed by atoms with E-state index in [1.165, 1.54) is 23.2 Å². The Morgan fingerprint density at radius 3 is 2.59 bits per heavy atom. The predicted molar refractivity (Wildman–Crippen MR) is 131 cm³/mol. The van der Waals surface area contributed by atoms with Crippen molar-refractivity contribution in [2.45, 2.75) is 39.2 Å². The number of hydrogen-bond acceptors (Lipinski definition) is 7. The van der Waals surface area contributed by atoms with Gasteiger partial charge >= 0.3 is 0 Å². The highest BCUT2D eigenvalue weighted by atomic mass is 32.1. The number of Topliss-reactive ketones (excluding diaryl/α,β-unsaturated/α-hetero) is 1. The van der Waals surface area contributed by atoms with E-state index < -0.39 is 11.9 Å². The quantitative estimate of drug-likeness (QED) is 0.119. The lowest BCUT2D eigenvalue weighted by Gasteiger charge is -2.23. The molecule has 0 saturated carbocycles. The second kappa shape index (κ2) is 13.2. The summed E-state index contributed by atoms with van der Waals surface area (Å²) < 4.78 is 0.867. The Morgan fingerprint density at radius 2 is 1.94 bits per heavy atom. The fraction of sp³-hybridized carbons (Fsp3) is 0.455. The summed E-state index contributed by atoms with van der Waals surface area (Å²) >= 11 is 1.25. The van der Waals surface area contributed by atoms with Crippen LogP contribution in [0.2, 0.25) is 0 Å². The summed E-state index contributed by atoms with van der Waals surface area (Å²) in [5.74, 6) is -1.69. The molecule has 0 unspecified atom stereocenters. The van der Waals surface area contributed by atoms with Crippen molar-refractivity contribution in [3.8, 4) is 0 Å². The van der Waals surface area contributed by atoms with Crippen molar-refractivity contribution in [3.63, 3.8) is 0 Å². The average Bonchev–Trinajstić information content (AvgIpc) is 3.22. The molecule has 184 valence electrons. The van der Waals surface area contributed by atoms with Crippen molar-refractivity contribution < 1.29 is 19.2 Å². The number of carbonyl (C=O) groups excluding carboxylic acids is 4. The van der Waals surface area contributed by atoms with Crippen LogP contribution in [0.3, 0.4) is 0 Å². The molecule has 3 amide bonds. The fourth-order valence-corrected chi connectivity index (χ4v) is 4.17. The number of amides is 3. The summed E-state index contributed by atoms with van der Waals surface area (Å²) in [6.45, 7) is 3.45. The van der Waals surface area contributed by atoms with Crippen LogP contribution in [0.4, 0.5) is 0 Å². The van der Waals surface area contributed by atoms with Crippen molar-refractivity contribution in [1.29, 1.82) is 5.41 Å². The normalized spacial score (nSPS) is 11.5. The minimum Gasteiger partial charge on any atom is -0.370 e. The first-order valence-electron chi connectivity index (χ1n) is 11.0. The molecule has 1 atom stereocenters. The fourth-order valence-electron chi connectivity index (χ4n) is 3.21. The third-order valence-electron chi connectivity index (χ3n) is 4.81. The maximum Gasteiger partial charge on any atom is 0.242 e. The summed E-state index contributed by atoms with van der Waals surface area (Å²) in [7, 11) is 0. The molecule has 12 heteroatoms. The lowest BCUT2D eigenvalue weighted by molar-refractivity contribution is -0.136. The Bertz CT molecular complexity index is 1010. The molecule has 0 fully saturated rings. The number of guanidine groups is 1. The first-order valence-corrected chi connectivity index (χ1v) is 11.8. The van der Waals surface area contributed by atoms with E-state index in [0.29, 0.717) is 37.9 Å². The molecule has 34 heavy (non-hydrogen) atoms. The summed E-state index contributed by atoms with van der Waals surface area (Å²) in [6, 6.07) is 6.54. The number of para-hydroxylation sites is 1. The third kappa shape index (κ3) is 8.43.